The molecule has 2 aliphatic rings. The Hall–Kier alpha value is -3.68. The first-order valence-corrected chi connectivity index (χ1v) is 15.5. The topological polar surface area (TPSA) is 126 Å². The van der Waals surface area contributed by atoms with Crippen LogP contribution in [0.15, 0.2) is 48.0 Å². The molecule has 2 fully saturated rings. The number of nitrogens with two attached hydrogens (primary N) is 1. The van der Waals surface area contributed by atoms with Gasteiger partial charge >= 0.3 is 12.1 Å². The minimum atomic E-state index is -4.81. The summed E-state index contributed by atoms with van der Waals surface area (Å²) in [6.07, 6.45) is -4.46. The molecule has 0 bridgehead atoms. The van der Waals surface area contributed by atoms with Crippen molar-refractivity contribution in [2.45, 2.75) is 57.0 Å². The van der Waals surface area contributed by atoms with E-state index in [0.29, 0.717) is 49.2 Å². The van der Waals surface area contributed by atoms with Crippen molar-refractivity contribution in [3.8, 4) is 17.0 Å². The minimum Gasteiger partial charge on any atom is -0.480 e. The van der Waals surface area contributed by atoms with Gasteiger partial charge in [0.1, 0.15) is 11.9 Å². The lowest BCUT2D eigenvalue weighted by atomic mass is 9.71. The van der Waals surface area contributed by atoms with Gasteiger partial charge in [-0.1, -0.05) is 30.7 Å². The van der Waals surface area contributed by atoms with Crippen LogP contribution in [0.5, 0.6) is 5.88 Å². The van der Waals surface area contributed by atoms with Gasteiger partial charge in [-0.15, -0.1) is 11.3 Å². The molecule has 0 saturated carbocycles. The SMILES string of the molecule is CCC1NC(C(=O)O)CC12CCN(c1cc(O[C@H](c3ccc(Cl)cc3-c3ccc4scnc4c3)C(F)(F)F)nc(N)n1)CC2. The molecule has 4 N–H and O–H groups in total. The molecule has 4 aromatic rings. The van der Waals surface area contributed by atoms with Gasteiger partial charge in [-0.25, -0.2) is 4.98 Å². The van der Waals surface area contributed by atoms with E-state index in [-0.39, 0.29) is 39.4 Å². The van der Waals surface area contributed by atoms with E-state index in [9.17, 15) is 23.1 Å². The van der Waals surface area contributed by atoms with Crippen LogP contribution in [-0.4, -0.2) is 57.4 Å². The smallest absolute Gasteiger partial charge is 0.429 e. The van der Waals surface area contributed by atoms with Gasteiger partial charge in [-0.05, 0) is 66.5 Å². The molecule has 2 unspecified atom stereocenters. The molecule has 2 aliphatic heterocycles. The van der Waals surface area contributed by atoms with Crippen molar-refractivity contribution in [2.75, 3.05) is 23.7 Å². The molecule has 9 nitrogen and oxygen atoms in total. The van der Waals surface area contributed by atoms with Crippen LogP contribution in [0.1, 0.15) is 44.3 Å². The molecule has 2 aromatic carbocycles. The minimum absolute atomic E-state index is 0.0671. The quantitative estimate of drug-likeness (QED) is 0.207. The molecule has 0 amide bonds. The highest BCUT2D eigenvalue weighted by Crippen LogP contribution is 2.46. The van der Waals surface area contributed by atoms with E-state index in [2.05, 4.69) is 20.3 Å². The van der Waals surface area contributed by atoms with Gasteiger partial charge in [-0.3, -0.25) is 4.79 Å². The summed E-state index contributed by atoms with van der Waals surface area (Å²) in [5.74, 6) is -1.04. The first-order valence-electron chi connectivity index (χ1n) is 14.2. The van der Waals surface area contributed by atoms with E-state index in [1.807, 2.05) is 17.9 Å². The predicted octanol–water partition coefficient (Wildman–Crippen LogP) is 6.48. The summed E-state index contributed by atoms with van der Waals surface area (Å²) in [6, 6.07) is 10.3. The molecule has 0 radical (unpaired) electrons. The van der Waals surface area contributed by atoms with E-state index in [0.717, 1.165) is 11.1 Å². The van der Waals surface area contributed by atoms with Crippen LogP contribution in [-0.2, 0) is 4.79 Å². The Morgan fingerprint density at radius 3 is 2.70 bits per heavy atom. The van der Waals surface area contributed by atoms with Gasteiger partial charge in [0.25, 0.3) is 0 Å². The van der Waals surface area contributed by atoms with E-state index < -0.39 is 24.3 Å². The maximum Gasteiger partial charge on any atom is 0.429 e. The average molecular weight is 647 g/mol. The number of carboxylic acid groups (broad SMARTS) is 1. The van der Waals surface area contributed by atoms with Gasteiger partial charge in [0, 0.05) is 35.8 Å². The van der Waals surface area contributed by atoms with Crippen LogP contribution in [0.4, 0.5) is 24.9 Å². The molecular weight excluding hydrogens is 617 g/mol. The maximum atomic E-state index is 14.7. The summed E-state index contributed by atoms with van der Waals surface area (Å²) >= 11 is 7.68. The number of anilines is 2. The van der Waals surface area contributed by atoms with Gasteiger partial charge in [0.05, 0.1) is 15.7 Å². The molecule has 6 rings (SSSR count). The fourth-order valence-corrected chi connectivity index (χ4v) is 7.41. The lowest BCUT2D eigenvalue weighted by Gasteiger charge is -2.43. The molecule has 2 aromatic heterocycles. The van der Waals surface area contributed by atoms with Crippen LogP contribution >= 0.6 is 22.9 Å². The standard InChI is InChI=1S/C30H30ClF3N6O3S/c1-2-23-29(14-21(37-23)27(41)42)7-9-40(10-8-29)24-13-25(39-28(35)38-24)43-26(30(32,33)34)18-5-4-17(31)12-19(18)16-3-6-22-20(11-16)36-15-44-22/h3-6,11-13,15,21,23,26,37H,2,7-10,14H2,1H3,(H,41,42)(H2,35,38,39)/t21?,23?,26-/m1/s1. The lowest BCUT2D eigenvalue weighted by molar-refractivity contribution is -0.198. The van der Waals surface area contributed by atoms with E-state index in [1.54, 1.807) is 17.6 Å². The zero-order valence-corrected chi connectivity index (χ0v) is 25.2. The van der Waals surface area contributed by atoms with Crippen molar-refractivity contribution in [3.05, 3.63) is 58.6 Å². The van der Waals surface area contributed by atoms with Crippen LogP contribution in [0.25, 0.3) is 21.3 Å². The van der Waals surface area contributed by atoms with Gasteiger partial charge < -0.3 is 25.8 Å². The number of aromatic nitrogens is 3. The fourth-order valence-electron chi connectivity index (χ4n) is 6.58. The predicted molar refractivity (Wildman–Crippen MR) is 163 cm³/mol. The summed E-state index contributed by atoms with van der Waals surface area (Å²) in [6.45, 7) is 3.10. The molecule has 4 heterocycles. The number of ether oxygens (including phenoxy) is 1. The third kappa shape index (κ3) is 5.87. The number of hydrogen-bond donors (Lipinski definition) is 3. The van der Waals surface area contributed by atoms with Crippen LogP contribution in [0.3, 0.4) is 0 Å². The highest BCUT2D eigenvalue weighted by Gasteiger charge is 2.50. The molecule has 2 saturated heterocycles. The molecule has 1 spiro atoms. The Morgan fingerprint density at radius 1 is 1.23 bits per heavy atom. The number of piperidine rings is 1. The third-order valence-corrected chi connectivity index (χ3v) is 9.77. The Morgan fingerprint density at radius 2 is 2.00 bits per heavy atom. The molecule has 44 heavy (non-hydrogen) atoms. The van der Waals surface area contributed by atoms with Crippen molar-refractivity contribution < 1.29 is 27.8 Å². The van der Waals surface area contributed by atoms with Crippen molar-refractivity contribution in [1.82, 2.24) is 20.3 Å². The number of rotatable bonds is 7. The average Bonchev–Trinajstić information content (AvgIpc) is 3.60. The number of nitrogens with one attached hydrogen (secondary N) is 1. The Bertz CT molecular complexity index is 1690. The van der Waals surface area contributed by atoms with Gasteiger partial charge in [0.15, 0.2) is 0 Å². The van der Waals surface area contributed by atoms with Crippen LogP contribution < -0.4 is 20.7 Å². The van der Waals surface area contributed by atoms with Gasteiger partial charge in [0.2, 0.25) is 17.9 Å². The first kappa shape index (κ1) is 30.4. The summed E-state index contributed by atoms with van der Waals surface area (Å²) in [7, 11) is 0. The van der Waals surface area contributed by atoms with Crippen molar-refractivity contribution in [3.63, 3.8) is 0 Å². The van der Waals surface area contributed by atoms with E-state index in [1.165, 1.54) is 35.6 Å². The highest BCUT2D eigenvalue weighted by atomic mass is 35.5. The van der Waals surface area contributed by atoms with Crippen LogP contribution in [0, 0.1) is 5.41 Å². The largest absolute Gasteiger partial charge is 0.480 e. The molecule has 14 heteroatoms. The van der Waals surface area contributed by atoms with Crippen molar-refractivity contribution >= 4 is 50.9 Å². The van der Waals surface area contributed by atoms with E-state index in [4.69, 9.17) is 22.1 Å². The van der Waals surface area contributed by atoms with Gasteiger partial charge in [-0.2, -0.15) is 23.1 Å². The molecular formula is C30H30ClF3N6O3S. The number of fused-ring (bicyclic) bond motifs is 1. The molecule has 232 valence electrons. The summed E-state index contributed by atoms with van der Waals surface area (Å²) < 4.78 is 50.5. The highest BCUT2D eigenvalue weighted by molar-refractivity contribution is 7.16. The monoisotopic (exact) mass is 646 g/mol. The Labute approximate surface area is 260 Å². The number of thiazole rings is 1. The molecule has 0 aliphatic carbocycles. The number of nitrogens with zero attached hydrogens (tertiary/aromatic N) is 4. The normalized spacial score (nSPS) is 20.7. The van der Waals surface area contributed by atoms with Crippen LogP contribution in [0.2, 0.25) is 5.02 Å². The van der Waals surface area contributed by atoms with Crippen molar-refractivity contribution in [2.24, 2.45) is 5.41 Å². The third-order valence-electron chi connectivity index (χ3n) is 8.72. The maximum absolute atomic E-state index is 14.7. The lowest BCUT2D eigenvalue weighted by Crippen LogP contribution is -2.46. The second kappa shape index (κ2) is 11.7. The number of carbonyl (C=O) groups is 1. The number of nitrogen functional groups attached to an aromatic ring is 1. The first-order chi connectivity index (χ1) is 21.0. The number of benzene rings is 2. The van der Waals surface area contributed by atoms with Crippen molar-refractivity contribution in [1.29, 1.82) is 0 Å². The fraction of sp³-hybridized carbons (Fsp3) is 0.400. The summed E-state index contributed by atoms with van der Waals surface area (Å²) in [5, 5.41) is 13.1. The number of alkyl halides is 3. The summed E-state index contributed by atoms with van der Waals surface area (Å²) in [4.78, 5) is 26.2. The second-order valence-corrected chi connectivity index (χ2v) is 12.6. The zero-order valence-electron chi connectivity index (χ0n) is 23.6. The number of halogens is 4. The number of aliphatic carboxylic acids is 1. The zero-order chi connectivity index (χ0) is 31.2. The van der Waals surface area contributed by atoms with E-state index >= 15 is 0 Å². The number of hydrogen-bond acceptors (Lipinski definition) is 9. The summed E-state index contributed by atoms with van der Waals surface area (Å²) in [5.41, 5.74) is 8.77. The number of carboxylic acids is 1. The Balaban J connectivity index is 1.28. The molecule has 3 atom stereocenters. The Kier molecular flexibility index (Phi) is 8.05. The second-order valence-electron chi connectivity index (χ2n) is 11.3.